The van der Waals surface area contributed by atoms with Gasteiger partial charge in [0, 0.05) is 12.1 Å². The lowest BCUT2D eigenvalue weighted by molar-refractivity contribution is -0.209. The minimum absolute atomic E-state index is 0.00314. The summed E-state index contributed by atoms with van der Waals surface area (Å²) in [5.74, 6) is -2.43. The summed E-state index contributed by atoms with van der Waals surface area (Å²) in [6.07, 6.45) is 3.58. The van der Waals surface area contributed by atoms with E-state index in [9.17, 15) is 16.8 Å². The molecule has 30 heavy (non-hydrogen) atoms. The highest BCUT2D eigenvalue weighted by molar-refractivity contribution is 7.86. The van der Waals surface area contributed by atoms with Crippen molar-refractivity contribution >= 4 is 31.5 Å². The second-order valence-electron chi connectivity index (χ2n) is 6.84. The van der Waals surface area contributed by atoms with Gasteiger partial charge in [-0.05, 0) is 42.2 Å². The fraction of sp³-hybridized carbons (Fsp3) is 0.444. The third kappa shape index (κ3) is 7.70. The average Bonchev–Trinajstić information content (AvgIpc) is 2.64. The molecule has 0 spiro atoms. The van der Waals surface area contributed by atoms with E-state index in [2.05, 4.69) is 0 Å². The van der Waals surface area contributed by atoms with Crippen LogP contribution in [0.3, 0.4) is 0 Å². The van der Waals surface area contributed by atoms with E-state index in [-0.39, 0.29) is 38.2 Å². The van der Waals surface area contributed by atoms with Crippen LogP contribution in [0.25, 0.3) is 5.57 Å². The van der Waals surface area contributed by atoms with Crippen LogP contribution in [0, 0.1) is 0 Å². The molecule has 0 atom stereocenters. The van der Waals surface area contributed by atoms with E-state index >= 15 is 0 Å². The van der Waals surface area contributed by atoms with Crippen LogP contribution in [0.2, 0.25) is 0 Å². The number of ether oxygens (including phenoxy) is 2. The molecule has 0 bridgehead atoms. The molecule has 168 valence electrons. The van der Waals surface area contributed by atoms with Crippen molar-refractivity contribution in [3.05, 3.63) is 47.7 Å². The molecule has 1 aromatic carbocycles. The normalized spacial score (nSPS) is 16.7. The first kappa shape index (κ1) is 24.3. The first-order valence-electron chi connectivity index (χ1n) is 9.11. The summed E-state index contributed by atoms with van der Waals surface area (Å²) in [6.45, 7) is -0.163. The first-order valence-corrected chi connectivity index (χ1v) is 12.3. The second kappa shape index (κ2) is 9.90. The smallest absolute Gasteiger partial charge is 0.264 e. The zero-order valence-corrected chi connectivity index (χ0v) is 17.9. The van der Waals surface area contributed by atoms with Crippen molar-refractivity contribution in [3.8, 4) is 0 Å². The summed E-state index contributed by atoms with van der Waals surface area (Å²) in [7, 11) is -8.28. The molecular weight excluding hydrogens is 436 g/mol. The molecule has 1 aliphatic rings. The third-order valence-electron chi connectivity index (χ3n) is 4.37. The van der Waals surface area contributed by atoms with Gasteiger partial charge in [-0.15, -0.1) is 0 Å². The van der Waals surface area contributed by atoms with Crippen molar-refractivity contribution in [2.45, 2.75) is 25.0 Å². The van der Waals surface area contributed by atoms with Crippen LogP contribution in [0.1, 0.15) is 24.8 Å². The second-order valence-corrected chi connectivity index (χ2v) is 9.99. The molecule has 6 N–H and O–H groups in total. The lowest BCUT2D eigenvalue weighted by Gasteiger charge is -2.37. The van der Waals surface area contributed by atoms with Gasteiger partial charge in [0.05, 0.1) is 30.4 Å². The van der Waals surface area contributed by atoms with Gasteiger partial charge in [-0.3, -0.25) is 9.11 Å². The number of benzene rings is 1. The van der Waals surface area contributed by atoms with Gasteiger partial charge in [-0.1, -0.05) is 18.2 Å². The molecule has 0 unspecified atom stereocenters. The predicted octanol–water partition coefficient (Wildman–Crippen LogP) is 1.18. The molecule has 0 heterocycles. The highest BCUT2D eigenvalue weighted by Gasteiger charge is 2.38. The van der Waals surface area contributed by atoms with E-state index < -0.39 is 37.5 Å². The molecule has 0 saturated carbocycles. The van der Waals surface area contributed by atoms with Crippen molar-refractivity contribution in [1.29, 1.82) is 0 Å². The van der Waals surface area contributed by atoms with Gasteiger partial charge in [-0.2, -0.15) is 16.8 Å². The Labute approximate surface area is 176 Å². The Morgan fingerprint density at radius 2 is 1.37 bits per heavy atom. The Hall–Kier alpha value is -1.96. The quantitative estimate of drug-likeness (QED) is 0.161. The monoisotopic (exact) mass is 462 g/mol. The molecule has 1 aromatic rings. The van der Waals surface area contributed by atoms with E-state index in [1.807, 2.05) is 12.1 Å². The molecule has 0 fully saturated rings. The maximum absolute atomic E-state index is 10.9. The lowest BCUT2D eigenvalue weighted by Crippen LogP contribution is -2.44. The zero-order chi connectivity index (χ0) is 22.4. The molecule has 0 aliphatic heterocycles. The summed E-state index contributed by atoms with van der Waals surface area (Å²) in [5, 5.41) is 0. The van der Waals surface area contributed by atoms with E-state index in [4.69, 9.17) is 30.0 Å². The summed E-state index contributed by atoms with van der Waals surface area (Å²) >= 11 is 0. The Bertz CT molecular complexity index is 959. The van der Waals surface area contributed by atoms with Gasteiger partial charge < -0.3 is 20.9 Å². The van der Waals surface area contributed by atoms with Gasteiger partial charge in [0.15, 0.2) is 0 Å². The van der Waals surface area contributed by atoms with E-state index in [1.165, 1.54) is 0 Å². The van der Waals surface area contributed by atoms with Crippen molar-refractivity contribution in [3.63, 3.8) is 0 Å². The molecule has 12 heteroatoms. The van der Waals surface area contributed by atoms with Gasteiger partial charge in [-0.25, -0.2) is 0 Å². The number of rotatable bonds is 11. The minimum Gasteiger partial charge on any atom is -0.399 e. The van der Waals surface area contributed by atoms with Crippen molar-refractivity contribution in [2.24, 2.45) is 5.73 Å². The summed E-state index contributed by atoms with van der Waals surface area (Å²) < 4.78 is 73.1. The maximum Gasteiger partial charge on any atom is 0.264 e. The van der Waals surface area contributed by atoms with E-state index in [0.29, 0.717) is 5.69 Å². The number of hydrogen-bond acceptors (Lipinski definition) is 8. The fourth-order valence-electron chi connectivity index (χ4n) is 2.89. The standard InChI is InChI=1S/C18H26N2O8S2/c19-16-6-3-14(4-7-16)15-5-8-17(20)18(13-15,27-9-1-11-29(21,22)23)28-10-2-12-30(24,25)26/h3-8H,1-2,9-13,19-20H2,(H,21,22,23)(H,24,25,26). The molecule has 1 aliphatic carbocycles. The summed E-state index contributed by atoms with van der Waals surface area (Å²) in [5.41, 5.74) is 14.3. The largest absolute Gasteiger partial charge is 0.399 e. The SMILES string of the molecule is NC1=CC=C(c2ccc(N)cc2)CC1(OCCCS(=O)(=O)O)OCCCS(=O)(=O)O. The van der Waals surface area contributed by atoms with Gasteiger partial charge >= 0.3 is 0 Å². The summed E-state index contributed by atoms with van der Waals surface area (Å²) in [4.78, 5) is 0. The number of allylic oxidation sites excluding steroid dienone is 2. The van der Waals surface area contributed by atoms with E-state index in [0.717, 1.165) is 11.1 Å². The van der Waals surface area contributed by atoms with Crippen LogP contribution in [-0.4, -0.2) is 56.4 Å². The third-order valence-corrected chi connectivity index (χ3v) is 5.98. The maximum atomic E-state index is 10.9. The zero-order valence-electron chi connectivity index (χ0n) is 16.2. The Morgan fingerprint density at radius 3 is 1.83 bits per heavy atom. The van der Waals surface area contributed by atoms with Gasteiger partial charge in [0.1, 0.15) is 0 Å². The molecular formula is C18H26N2O8S2. The highest BCUT2D eigenvalue weighted by Crippen LogP contribution is 2.37. The van der Waals surface area contributed by atoms with Crippen molar-refractivity contribution < 1.29 is 35.4 Å². The van der Waals surface area contributed by atoms with Crippen molar-refractivity contribution in [1.82, 2.24) is 0 Å². The number of nitrogen functional groups attached to an aromatic ring is 1. The highest BCUT2D eigenvalue weighted by atomic mass is 32.2. The number of nitrogens with two attached hydrogens (primary N) is 2. The van der Waals surface area contributed by atoms with E-state index in [1.54, 1.807) is 24.3 Å². The van der Waals surface area contributed by atoms with Crippen molar-refractivity contribution in [2.75, 3.05) is 30.5 Å². The van der Waals surface area contributed by atoms with Crippen LogP contribution >= 0.6 is 0 Å². The summed E-state index contributed by atoms with van der Waals surface area (Å²) in [6, 6.07) is 7.11. The molecule has 0 saturated heterocycles. The van der Waals surface area contributed by atoms with Crippen LogP contribution in [0.4, 0.5) is 5.69 Å². The van der Waals surface area contributed by atoms with Crippen LogP contribution in [0.15, 0.2) is 42.1 Å². The van der Waals surface area contributed by atoms with Crippen LogP contribution in [-0.2, 0) is 29.7 Å². The molecule has 0 aromatic heterocycles. The number of anilines is 1. The van der Waals surface area contributed by atoms with Crippen LogP contribution in [0.5, 0.6) is 0 Å². The lowest BCUT2D eigenvalue weighted by atomic mass is 9.91. The first-order chi connectivity index (χ1) is 13.9. The average molecular weight is 463 g/mol. The number of hydrogen-bond donors (Lipinski definition) is 4. The van der Waals surface area contributed by atoms with Gasteiger partial charge in [0.2, 0.25) is 5.79 Å². The van der Waals surface area contributed by atoms with Crippen LogP contribution < -0.4 is 11.5 Å². The van der Waals surface area contributed by atoms with Gasteiger partial charge in [0.25, 0.3) is 20.2 Å². The molecule has 0 amide bonds. The fourth-order valence-corrected chi connectivity index (χ4v) is 3.86. The minimum atomic E-state index is -4.14. The predicted molar refractivity (Wildman–Crippen MR) is 112 cm³/mol. The molecule has 10 nitrogen and oxygen atoms in total. The molecule has 0 radical (unpaired) electrons. The Morgan fingerprint density at radius 1 is 0.867 bits per heavy atom. The topological polar surface area (TPSA) is 179 Å². The molecule has 2 rings (SSSR count). The Kier molecular flexibility index (Phi) is 8.02. The Balaban J connectivity index is 2.17.